The van der Waals surface area contributed by atoms with Gasteiger partial charge in [-0.15, -0.1) is 0 Å². The summed E-state index contributed by atoms with van der Waals surface area (Å²) in [5.41, 5.74) is 7.96. The SMILES string of the molecule is Cc1cc(C(=O)NC(CN)CC(C)C)c2cnn(C(C)C)c2n1. The molecule has 0 spiro atoms. The molecule has 2 aromatic heterocycles. The lowest BCUT2D eigenvalue weighted by Crippen LogP contribution is -2.41. The highest BCUT2D eigenvalue weighted by atomic mass is 16.1. The zero-order chi connectivity index (χ0) is 17.1. The Morgan fingerprint density at radius 1 is 1.35 bits per heavy atom. The fraction of sp³-hybridized carbons (Fsp3) is 0.588. The van der Waals surface area contributed by atoms with Crippen molar-refractivity contribution in [3.8, 4) is 0 Å². The molecule has 0 saturated carbocycles. The van der Waals surface area contributed by atoms with Gasteiger partial charge in [-0.25, -0.2) is 9.67 Å². The van der Waals surface area contributed by atoms with Gasteiger partial charge in [0.25, 0.3) is 5.91 Å². The molecule has 0 radical (unpaired) electrons. The van der Waals surface area contributed by atoms with Gasteiger partial charge in [-0.3, -0.25) is 4.79 Å². The summed E-state index contributed by atoms with van der Waals surface area (Å²) in [4.78, 5) is 17.3. The van der Waals surface area contributed by atoms with Crippen LogP contribution in [0.25, 0.3) is 11.0 Å². The monoisotopic (exact) mass is 317 g/mol. The molecule has 0 aromatic carbocycles. The number of nitrogens with two attached hydrogens (primary N) is 1. The molecule has 0 saturated heterocycles. The Morgan fingerprint density at radius 2 is 2.04 bits per heavy atom. The Labute approximate surface area is 137 Å². The van der Waals surface area contributed by atoms with Crippen LogP contribution in [-0.4, -0.2) is 33.3 Å². The van der Waals surface area contributed by atoms with E-state index in [0.29, 0.717) is 18.0 Å². The van der Waals surface area contributed by atoms with Crippen molar-refractivity contribution >= 4 is 16.9 Å². The summed E-state index contributed by atoms with van der Waals surface area (Å²) in [7, 11) is 0. The van der Waals surface area contributed by atoms with Crippen molar-refractivity contribution in [2.45, 2.75) is 53.1 Å². The molecule has 0 bridgehead atoms. The lowest BCUT2D eigenvalue weighted by Gasteiger charge is -2.19. The van der Waals surface area contributed by atoms with Crippen molar-refractivity contribution in [2.24, 2.45) is 11.7 Å². The van der Waals surface area contributed by atoms with Crippen LogP contribution in [0.3, 0.4) is 0 Å². The van der Waals surface area contributed by atoms with Crippen molar-refractivity contribution < 1.29 is 4.79 Å². The van der Waals surface area contributed by atoms with Gasteiger partial charge >= 0.3 is 0 Å². The van der Waals surface area contributed by atoms with Gasteiger partial charge in [0.2, 0.25) is 0 Å². The highest BCUT2D eigenvalue weighted by Gasteiger charge is 2.19. The number of carbonyl (C=O) groups is 1. The number of hydrogen-bond donors (Lipinski definition) is 2. The zero-order valence-corrected chi connectivity index (χ0v) is 14.6. The van der Waals surface area contributed by atoms with Crippen LogP contribution >= 0.6 is 0 Å². The Kier molecular flexibility index (Phi) is 5.36. The van der Waals surface area contributed by atoms with Crippen LogP contribution in [-0.2, 0) is 0 Å². The number of pyridine rings is 1. The summed E-state index contributed by atoms with van der Waals surface area (Å²) in [6, 6.07) is 1.98. The summed E-state index contributed by atoms with van der Waals surface area (Å²) < 4.78 is 1.84. The topological polar surface area (TPSA) is 85.8 Å². The van der Waals surface area contributed by atoms with E-state index in [4.69, 9.17) is 5.73 Å². The van der Waals surface area contributed by atoms with Crippen LogP contribution in [0.2, 0.25) is 0 Å². The van der Waals surface area contributed by atoms with Gasteiger partial charge in [0.1, 0.15) is 0 Å². The first-order chi connectivity index (χ1) is 10.8. The minimum atomic E-state index is -0.111. The largest absolute Gasteiger partial charge is 0.348 e. The summed E-state index contributed by atoms with van der Waals surface area (Å²) in [5.74, 6) is 0.367. The second-order valence-corrected chi connectivity index (χ2v) is 6.77. The number of aryl methyl sites for hydroxylation is 1. The third-order valence-electron chi connectivity index (χ3n) is 3.80. The van der Waals surface area contributed by atoms with E-state index in [-0.39, 0.29) is 18.0 Å². The molecule has 2 aromatic rings. The van der Waals surface area contributed by atoms with E-state index in [0.717, 1.165) is 23.1 Å². The molecule has 0 aliphatic carbocycles. The summed E-state index contributed by atoms with van der Waals surface area (Å²) in [6.07, 6.45) is 2.58. The second-order valence-electron chi connectivity index (χ2n) is 6.77. The van der Waals surface area contributed by atoms with Crippen molar-refractivity contribution in [1.29, 1.82) is 0 Å². The minimum absolute atomic E-state index is 0.0221. The maximum atomic E-state index is 12.7. The molecule has 126 valence electrons. The fourth-order valence-corrected chi connectivity index (χ4v) is 2.76. The molecule has 0 fully saturated rings. The lowest BCUT2D eigenvalue weighted by molar-refractivity contribution is 0.0935. The molecular weight excluding hydrogens is 290 g/mol. The van der Waals surface area contributed by atoms with Gasteiger partial charge in [-0.1, -0.05) is 13.8 Å². The van der Waals surface area contributed by atoms with Crippen LogP contribution in [0.1, 0.15) is 56.2 Å². The molecule has 2 heterocycles. The number of nitrogens with zero attached hydrogens (tertiary/aromatic N) is 3. The highest BCUT2D eigenvalue weighted by Crippen LogP contribution is 2.21. The summed E-state index contributed by atoms with van der Waals surface area (Å²) in [6.45, 7) is 10.7. The van der Waals surface area contributed by atoms with Crippen LogP contribution in [0, 0.1) is 12.8 Å². The number of hydrogen-bond acceptors (Lipinski definition) is 4. The van der Waals surface area contributed by atoms with Crippen LogP contribution in [0.15, 0.2) is 12.3 Å². The first-order valence-electron chi connectivity index (χ1n) is 8.19. The van der Waals surface area contributed by atoms with E-state index >= 15 is 0 Å². The normalized spacial score (nSPS) is 13.0. The number of fused-ring (bicyclic) bond motifs is 1. The molecule has 1 unspecified atom stereocenters. The average molecular weight is 317 g/mol. The Bertz CT molecular complexity index is 690. The number of carbonyl (C=O) groups excluding carboxylic acids is 1. The molecule has 1 atom stereocenters. The van der Waals surface area contributed by atoms with Crippen LogP contribution in [0.5, 0.6) is 0 Å². The van der Waals surface area contributed by atoms with E-state index in [1.807, 2.05) is 31.5 Å². The fourth-order valence-electron chi connectivity index (χ4n) is 2.76. The molecular formula is C17H27N5O. The first-order valence-corrected chi connectivity index (χ1v) is 8.19. The molecule has 0 aliphatic heterocycles. The van der Waals surface area contributed by atoms with Crippen LogP contribution < -0.4 is 11.1 Å². The van der Waals surface area contributed by atoms with E-state index < -0.39 is 0 Å². The third-order valence-corrected chi connectivity index (χ3v) is 3.80. The van der Waals surface area contributed by atoms with Gasteiger partial charge in [0.05, 0.1) is 17.1 Å². The molecule has 6 heteroatoms. The summed E-state index contributed by atoms with van der Waals surface area (Å²) in [5, 5.41) is 8.20. The first kappa shape index (κ1) is 17.4. The second kappa shape index (κ2) is 7.08. The predicted octanol–water partition coefficient (Wildman–Crippen LogP) is 2.42. The minimum Gasteiger partial charge on any atom is -0.348 e. The maximum absolute atomic E-state index is 12.7. The number of amides is 1. The third kappa shape index (κ3) is 3.88. The Balaban J connectivity index is 2.37. The van der Waals surface area contributed by atoms with Crippen molar-refractivity contribution in [1.82, 2.24) is 20.1 Å². The van der Waals surface area contributed by atoms with Crippen molar-refractivity contribution in [3.05, 3.63) is 23.5 Å². The smallest absolute Gasteiger partial charge is 0.252 e. The van der Waals surface area contributed by atoms with Gasteiger partial charge in [-0.05, 0) is 39.2 Å². The number of nitrogens with one attached hydrogen (secondary N) is 1. The molecule has 0 aliphatic rings. The van der Waals surface area contributed by atoms with Gasteiger partial charge in [0.15, 0.2) is 5.65 Å². The molecule has 1 amide bonds. The molecule has 2 rings (SSSR count). The van der Waals surface area contributed by atoms with E-state index in [1.165, 1.54) is 0 Å². The van der Waals surface area contributed by atoms with Crippen LogP contribution in [0.4, 0.5) is 0 Å². The highest BCUT2D eigenvalue weighted by molar-refractivity contribution is 6.05. The van der Waals surface area contributed by atoms with Crippen molar-refractivity contribution in [3.63, 3.8) is 0 Å². The maximum Gasteiger partial charge on any atom is 0.252 e. The van der Waals surface area contributed by atoms with E-state index in [9.17, 15) is 4.79 Å². The van der Waals surface area contributed by atoms with Crippen molar-refractivity contribution in [2.75, 3.05) is 6.54 Å². The molecule has 23 heavy (non-hydrogen) atoms. The van der Waals surface area contributed by atoms with E-state index in [2.05, 4.69) is 29.2 Å². The lowest BCUT2D eigenvalue weighted by atomic mass is 10.0. The molecule has 3 N–H and O–H groups in total. The average Bonchev–Trinajstić information content (AvgIpc) is 2.88. The number of rotatable bonds is 6. The quantitative estimate of drug-likeness (QED) is 0.856. The molecule has 6 nitrogen and oxygen atoms in total. The van der Waals surface area contributed by atoms with Gasteiger partial charge in [0, 0.05) is 24.3 Å². The standard InChI is InChI=1S/C17H27N5O/c1-10(2)6-13(8-18)21-17(23)14-7-12(5)20-16-15(14)9-19-22(16)11(3)4/h7,9-11,13H,6,8,18H2,1-5H3,(H,21,23). The summed E-state index contributed by atoms with van der Waals surface area (Å²) >= 11 is 0. The predicted molar refractivity (Wildman–Crippen MR) is 92.4 cm³/mol. The zero-order valence-electron chi connectivity index (χ0n) is 14.6. The van der Waals surface area contributed by atoms with Gasteiger partial charge < -0.3 is 11.1 Å². The Morgan fingerprint density at radius 3 is 2.61 bits per heavy atom. The van der Waals surface area contributed by atoms with Gasteiger partial charge in [-0.2, -0.15) is 5.10 Å². The Hall–Kier alpha value is -1.95. The van der Waals surface area contributed by atoms with E-state index in [1.54, 1.807) is 6.20 Å². The number of aromatic nitrogens is 3.